The first kappa shape index (κ1) is 36.0. The number of amides is 1. The van der Waals surface area contributed by atoms with Crippen LogP contribution in [0.2, 0.25) is 0 Å². The molecular weight excluding hydrogens is 550 g/mol. The second-order valence-electron chi connectivity index (χ2n) is 12.1. The Labute approximate surface area is 256 Å². The zero-order chi connectivity index (χ0) is 32.3. The second-order valence-corrected chi connectivity index (χ2v) is 12.1. The van der Waals surface area contributed by atoms with Gasteiger partial charge in [0.25, 0.3) is 0 Å². The molecule has 0 aliphatic carbocycles. The molecule has 2 heterocycles. The van der Waals surface area contributed by atoms with E-state index in [9.17, 15) is 24.6 Å². The predicted molar refractivity (Wildman–Crippen MR) is 166 cm³/mol. The van der Waals surface area contributed by atoms with Gasteiger partial charge in [-0.15, -0.1) is 0 Å². The van der Waals surface area contributed by atoms with E-state index in [1.165, 1.54) is 0 Å². The van der Waals surface area contributed by atoms with Crippen molar-refractivity contribution in [3.63, 3.8) is 0 Å². The van der Waals surface area contributed by atoms with Crippen LogP contribution in [0.3, 0.4) is 0 Å². The third kappa shape index (κ3) is 10.5. The van der Waals surface area contributed by atoms with Crippen LogP contribution in [0.15, 0.2) is 59.8 Å². The summed E-state index contributed by atoms with van der Waals surface area (Å²) in [6, 6.07) is 0. The van der Waals surface area contributed by atoms with E-state index in [1.807, 2.05) is 71.9 Å². The Morgan fingerprint density at radius 3 is 2.47 bits per heavy atom. The zero-order valence-electron chi connectivity index (χ0n) is 26.7. The minimum atomic E-state index is -1.18. The van der Waals surface area contributed by atoms with Gasteiger partial charge < -0.3 is 30.2 Å². The third-order valence-corrected chi connectivity index (χ3v) is 8.87. The van der Waals surface area contributed by atoms with E-state index in [0.29, 0.717) is 19.3 Å². The fraction of sp³-hybridized carbons (Fsp3) is 0.618. The summed E-state index contributed by atoms with van der Waals surface area (Å²) in [5.41, 5.74) is 5.85. The molecule has 9 heteroatoms. The van der Waals surface area contributed by atoms with Crippen molar-refractivity contribution in [2.75, 3.05) is 0 Å². The fourth-order valence-corrected chi connectivity index (χ4v) is 5.66. The topological polar surface area (TPSA) is 145 Å². The third-order valence-electron chi connectivity index (χ3n) is 8.87. The zero-order valence-corrected chi connectivity index (χ0v) is 26.7. The van der Waals surface area contributed by atoms with Gasteiger partial charge in [-0.2, -0.15) is 0 Å². The van der Waals surface area contributed by atoms with E-state index >= 15 is 0 Å². The number of hydrogen-bond donors (Lipinski definition) is 3. The maximum Gasteiger partial charge on any atom is 0.405 e. The molecule has 0 aromatic rings. The number of cyclic esters (lactones) is 2. The van der Waals surface area contributed by atoms with Crippen molar-refractivity contribution in [1.29, 1.82) is 0 Å². The van der Waals surface area contributed by atoms with E-state index < -0.39 is 41.9 Å². The number of allylic oxidation sites excluding steroid dienone is 5. The van der Waals surface area contributed by atoms with Crippen LogP contribution in [0.5, 0.6) is 0 Å². The van der Waals surface area contributed by atoms with Gasteiger partial charge in [-0.1, -0.05) is 82.7 Å². The van der Waals surface area contributed by atoms with Crippen molar-refractivity contribution in [1.82, 2.24) is 0 Å². The smallest absolute Gasteiger partial charge is 0.405 e. The highest BCUT2D eigenvalue weighted by atomic mass is 16.6. The van der Waals surface area contributed by atoms with Gasteiger partial charge in [0.2, 0.25) is 0 Å². The SMILES string of the molecule is CC[C@@H]1OC(=O)C[C@@](O)(C/C=C/C=C(\C)[C@H]2OC(=O)CC/C=C(\C)[C@H](C)[C@H](O)[C@@H](C)[C@@H](OC(N)=O)/C=C\C=C/[C@@H]2C)[C@H]1C. The Morgan fingerprint density at radius 1 is 1.14 bits per heavy atom. The van der Waals surface area contributed by atoms with Crippen molar-refractivity contribution in [2.24, 2.45) is 29.4 Å². The number of hydrogen-bond acceptors (Lipinski definition) is 8. The lowest BCUT2D eigenvalue weighted by atomic mass is 9.77. The summed E-state index contributed by atoms with van der Waals surface area (Å²) in [5.74, 6) is -1.79. The molecule has 0 bridgehead atoms. The van der Waals surface area contributed by atoms with Crippen LogP contribution in [0, 0.1) is 23.7 Å². The van der Waals surface area contributed by atoms with Crippen molar-refractivity contribution >= 4 is 18.0 Å². The lowest BCUT2D eigenvalue weighted by Crippen LogP contribution is -2.50. The van der Waals surface area contributed by atoms with E-state index in [4.69, 9.17) is 19.9 Å². The maximum absolute atomic E-state index is 12.9. The summed E-state index contributed by atoms with van der Waals surface area (Å²) < 4.78 is 16.6. The predicted octanol–water partition coefficient (Wildman–Crippen LogP) is 5.47. The van der Waals surface area contributed by atoms with Crippen molar-refractivity contribution in [2.45, 2.75) is 111 Å². The van der Waals surface area contributed by atoms with Crippen LogP contribution in [0.1, 0.15) is 80.6 Å². The molecule has 2 rings (SSSR count). The van der Waals surface area contributed by atoms with Gasteiger partial charge >= 0.3 is 18.0 Å². The van der Waals surface area contributed by atoms with E-state index in [0.717, 1.165) is 11.1 Å². The number of aliphatic hydroxyl groups is 2. The van der Waals surface area contributed by atoms with Crippen LogP contribution in [-0.2, 0) is 23.8 Å². The fourth-order valence-electron chi connectivity index (χ4n) is 5.66. The molecule has 0 saturated carbocycles. The molecule has 0 unspecified atom stereocenters. The number of rotatable bonds is 6. The van der Waals surface area contributed by atoms with Crippen LogP contribution in [0.25, 0.3) is 0 Å². The first-order valence-corrected chi connectivity index (χ1v) is 15.3. The van der Waals surface area contributed by atoms with Gasteiger partial charge in [-0.3, -0.25) is 9.59 Å². The number of ether oxygens (including phenoxy) is 3. The highest BCUT2D eigenvalue weighted by Crippen LogP contribution is 2.36. The van der Waals surface area contributed by atoms with Crippen LogP contribution < -0.4 is 5.73 Å². The number of nitrogens with two attached hydrogens (primary N) is 1. The number of primary amides is 1. The van der Waals surface area contributed by atoms with E-state index in [2.05, 4.69) is 0 Å². The molecule has 9 atom stereocenters. The molecule has 240 valence electrons. The average Bonchev–Trinajstić information content (AvgIpc) is 2.95. The summed E-state index contributed by atoms with van der Waals surface area (Å²) >= 11 is 0. The summed E-state index contributed by atoms with van der Waals surface area (Å²) in [6.07, 6.45) is 12.7. The maximum atomic E-state index is 12.9. The van der Waals surface area contributed by atoms with E-state index in [-0.39, 0.29) is 42.7 Å². The second kappa shape index (κ2) is 16.6. The monoisotopic (exact) mass is 601 g/mol. The molecule has 9 nitrogen and oxygen atoms in total. The molecule has 1 saturated heterocycles. The van der Waals surface area contributed by atoms with Gasteiger partial charge in [-0.05, 0) is 44.8 Å². The van der Waals surface area contributed by atoms with Crippen molar-refractivity contribution < 1.29 is 38.8 Å². The Morgan fingerprint density at radius 2 is 1.81 bits per heavy atom. The number of esters is 2. The highest BCUT2D eigenvalue weighted by molar-refractivity contribution is 5.72. The molecule has 1 amide bonds. The minimum absolute atomic E-state index is 0.0525. The summed E-state index contributed by atoms with van der Waals surface area (Å²) in [6.45, 7) is 13.2. The molecule has 0 radical (unpaired) electrons. The normalized spacial score (nSPS) is 38.0. The Hall–Kier alpha value is -3.17. The van der Waals surface area contributed by atoms with E-state index in [1.54, 1.807) is 25.2 Å². The Bertz CT molecular complexity index is 1120. The molecule has 4 N–H and O–H groups in total. The molecular formula is C34H51NO8. The highest BCUT2D eigenvalue weighted by Gasteiger charge is 2.45. The van der Waals surface area contributed by atoms with Crippen molar-refractivity contribution in [3.05, 3.63) is 59.8 Å². The van der Waals surface area contributed by atoms with Crippen LogP contribution >= 0.6 is 0 Å². The molecule has 0 spiro atoms. The molecule has 0 aromatic heterocycles. The molecule has 2 aliphatic rings. The molecule has 0 aromatic carbocycles. The first-order valence-electron chi connectivity index (χ1n) is 15.3. The molecule has 43 heavy (non-hydrogen) atoms. The number of carbonyl (C=O) groups excluding carboxylic acids is 3. The van der Waals surface area contributed by atoms with Gasteiger partial charge in [0, 0.05) is 30.1 Å². The van der Waals surface area contributed by atoms with Gasteiger partial charge in [0.05, 0.1) is 18.1 Å². The standard InChI is InChI=1S/C34H51NO8/c1-8-27-26(7)34(40,20-30(37)41-27)19-12-11-15-23(4)32-22(3)14-9-10-17-28(42-33(35)39)25(6)31(38)24(5)21(2)16-13-18-29(36)43-32/h9-12,14-17,22,24-28,31-32,38,40H,8,13,18-20H2,1-7H3,(H2,35,39)/b12-11+,14-9-,17-10-,21-16+,23-15+/t22-,24-,25-,26-,27-,28-,31-,32-,34-/m0/s1. The quantitative estimate of drug-likeness (QED) is 0.157. The number of aliphatic hydroxyl groups excluding tert-OH is 1. The molecule has 2 aliphatic heterocycles. The van der Waals surface area contributed by atoms with Gasteiger partial charge in [-0.25, -0.2) is 4.79 Å². The minimum Gasteiger partial charge on any atom is -0.462 e. The lowest BCUT2D eigenvalue weighted by Gasteiger charge is -2.41. The van der Waals surface area contributed by atoms with Gasteiger partial charge in [0.15, 0.2) is 0 Å². The molecule has 1 fully saturated rings. The largest absolute Gasteiger partial charge is 0.462 e. The summed E-state index contributed by atoms with van der Waals surface area (Å²) in [4.78, 5) is 36.5. The van der Waals surface area contributed by atoms with Gasteiger partial charge in [0.1, 0.15) is 18.3 Å². The first-order chi connectivity index (χ1) is 20.2. The summed E-state index contributed by atoms with van der Waals surface area (Å²) in [5, 5.41) is 22.1. The lowest BCUT2D eigenvalue weighted by molar-refractivity contribution is -0.182. The number of carbonyl (C=O) groups is 3. The Balaban J connectivity index is 2.29. The Kier molecular flexibility index (Phi) is 13.9. The summed E-state index contributed by atoms with van der Waals surface area (Å²) in [7, 11) is 0. The van der Waals surface area contributed by atoms with Crippen LogP contribution in [0.4, 0.5) is 4.79 Å². The average molecular weight is 602 g/mol. The van der Waals surface area contributed by atoms with Crippen LogP contribution in [-0.4, -0.2) is 58.3 Å². The van der Waals surface area contributed by atoms with Crippen molar-refractivity contribution in [3.8, 4) is 0 Å².